The minimum absolute atomic E-state index is 0.220. The van der Waals surface area contributed by atoms with Gasteiger partial charge in [-0.1, -0.05) is 11.6 Å². The molecule has 24 heavy (non-hydrogen) atoms. The topological polar surface area (TPSA) is 73.1 Å². The molecule has 1 amide bonds. The molecule has 0 saturated heterocycles. The summed E-state index contributed by atoms with van der Waals surface area (Å²) in [6.45, 7) is 0. The Morgan fingerprint density at radius 3 is 2.71 bits per heavy atom. The molecule has 0 aromatic carbocycles. The molecule has 3 rings (SSSR count). The number of anilines is 1. The second-order valence-electron chi connectivity index (χ2n) is 4.98. The van der Waals surface area contributed by atoms with Gasteiger partial charge in [0, 0.05) is 20.3 Å². The fraction of sp³-hybridized carbons (Fsp3) is 0.125. The van der Waals surface area contributed by atoms with Gasteiger partial charge in [-0.15, -0.1) is 0 Å². The number of pyridine rings is 2. The van der Waals surface area contributed by atoms with Crippen molar-refractivity contribution in [3.8, 4) is 11.8 Å². The summed E-state index contributed by atoms with van der Waals surface area (Å²) in [5.74, 6) is 0.259. The third kappa shape index (κ3) is 3.21. The quantitative estimate of drug-likeness (QED) is 0.681. The van der Waals surface area contributed by atoms with E-state index in [2.05, 4.69) is 15.0 Å². The van der Waals surface area contributed by atoms with Crippen LogP contribution in [0.1, 0.15) is 10.5 Å². The number of nitrogens with zero attached hydrogens (tertiary/aromatic N) is 5. The van der Waals surface area contributed by atoms with E-state index in [1.807, 2.05) is 0 Å². The summed E-state index contributed by atoms with van der Waals surface area (Å²) in [6, 6.07) is 7.14. The van der Waals surface area contributed by atoms with E-state index in [0.29, 0.717) is 22.3 Å². The smallest absolute Gasteiger partial charge is 0.302 e. The molecule has 7 nitrogen and oxygen atoms in total. The lowest BCUT2D eigenvalue weighted by molar-refractivity contribution is 0.0984. The Labute approximate surface area is 143 Å². The summed E-state index contributed by atoms with van der Waals surface area (Å²) >= 11 is 5.74. The van der Waals surface area contributed by atoms with E-state index >= 15 is 0 Å². The van der Waals surface area contributed by atoms with Gasteiger partial charge in [0.25, 0.3) is 5.91 Å². The number of rotatable bonds is 4. The average molecular weight is 344 g/mol. The van der Waals surface area contributed by atoms with Crippen molar-refractivity contribution in [3.63, 3.8) is 0 Å². The highest BCUT2D eigenvalue weighted by Gasteiger charge is 2.20. The monoisotopic (exact) mass is 343 g/mol. The van der Waals surface area contributed by atoms with Gasteiger partial charge < -0.3 is 9.64 Å². The number of carbonyl (C=O) groups is 1. The minimum Gasteiger partial charge on any atom is -0.424 e. The van der Waals surface area contributed by atoms with E-state index in [-0.39, 0.29) is 11.9 Å². The maximum absolute atomic E-state index is 12.6. The first-order valence-electron chi connectivity index (χ1n) is 7.05. The lowest BCUT2D eigenvalue weighted by Gasteiger charge is -2.16. The average Bonchev–Trinajstić information content (AvgIpc) is 2.97. The number of carbonyl (C=O) groups excluding carboxylic acids is 1. The molecule has 3 aromatic rings. The maximum atomic E-state index is 12.6. The number of imidazole rings is 1. The van der Waals surface area contributed by atoms with Crippen LogP contribution in [0.2, 0.25) is 5.15 Å². The molecule has 0 N–H and O–H groups in total. The molecular weight excluding hydrogens is 330 g/mol. The van der Waals surface area contributed by atoms with Crippen LogP contribution < -0.4 is 9.64 Å². The fourth-order valence-electron chi connectivity index (χ4n) is 2.06. The molecule has 0 fully saturated rings. The molecule has 3 heterocycles. The highest BCUT2D eigenvalue weighted by Crippen LogP contribution is 2.22. The summed E-state index contributed by atoms with van der Waals surface area (Å²) in [6.07, 6.45) is 6.22. The zero-order valence-electron chi connectivity index (χ0n) is 13.0. The highest BCUT2D eigenvalue weighted by molar-refractivity contribution is 6.29. The van der Waals surface area contributed by atoms with E-state index in [1.54, 1.807) is 55.3 Å². The Morgan fingerprint density at radius 2 is 2.04 bits per heavy atom. The first-order valence-corrected chi connectivity index (χ1v) is 7.43. The molecule has 8 heteroatoms. The highest BCUT2D eigenvalue weighted by atomic mass is 35.5. The Bertz CT molecular complexity index is 849. The molecule has 0 bridgehead atoms. The van der Waals surface area contributed by atoms with Gasteiger partial charge in [-0.25, -0.2) is 9.97 Å². The molecule has 0 radical (unpaired) electrons. The SMILES string of the molecule is CN(C(=O)c1cnc(Oc2ccc(Cl)nc2)n1C)c1cccnc1. The van der Waals surface area contributed by atoms with Crippen LogP contribution >= 0.6 is 11.6 Å². The minimum atomic E-state index is -0.220. The molecular formula is C16H14ClN5O2. The Morgan fingerprint density at radius 1 is 1.21 bits per heavy atom. The molecule has 0 aliphatic carbocycles. The zero-order chi connectivity index (χ0) is 17.1. The normalized spacial score (nSPS) is 10.5. The van der Waals surface area contributed by atoms with Crippen molar-refractivity contribution in [3.05, 3.63) is 59.9 Å². The Balaban J connectivity index is 1.81. The summed E-state index contributed by atoms with van der Waals surface area (Å²) in [5.41, 5.74) is 1.08. The van der Waals surface area contributed by atoms with Gasteiger partial charge in [0.15, 0.2) is 0 Å². The van der Waals surface area contributed by atoms with Gasteiger partial charge in [-0.3, -0.25) is 14.3 Å². The van der Waals surface area contributed by atoms with Crippen LogP contribution in [0.25, 0.3) is 0 Å². The van der Waals surface area contributed by atoms with E-state index in [1.165, 1.54) is 17.3 Å². The third-order valence-corrected chi connectivity index (χ3v) is 3.64. The molecule has 0 aliphatic rings. The van der Waals surface area contributed by atoms with Crippen LogP contribution in [0, 0.1) is 0 Å². The molecule has 122 valence electrons. The van der Waals surface area contributed by atoms with Crippen molar-refractivity contribution in [1.29, 1.82) is 0 Å². The first kappa shape index (κ1) is 15.9. The van der Waals surface area contributed by atoms with Gasteiger partial charge in [-0.05, 0) is 24.3 Å². The van der Waals surface area contributed by atoms with Crippen molar-refractivity contribution in [2.24, 2.45) is 7.05 Å². The lowest BCUT2D eigenvalue weighted by Crippen LogP contribution is -2.28. The van der Waals surface area contributed by atoms with Gasteiger partial charge in [-0.2, -0.15) is 0 Å². The fourth-order valence-corrected chi connectivity index (χ4v) is 2.17. The van der Waals surface area contributed by atoms with Crippen LogP contribution in [-0.4, -0.2) is 32.5 Å². The summed E-state index contributed by atoms with van der Waals surface area (Å²) in [7, 11) is 3.38. The summed E-state index contributed by atoms with van der Waals surface area (Å²) in [4.78, 5) is 26.2. The van der Waals surface area contributed by atoms with Crippen molar-refractivity contribution in [2.45, 2.75) is 0 Å². The molecule has 0 aliphatic heterocycles. The van der Waals surface area contributed by atoms with Crippen molar-refractivity contribution in [2.75, 3.05) is 11.9 Å². The summed E-state index contributed by atoms with van der Waals surface area (Å²) < 4.78 is 7.20. The number of hydrogen-bond donors (Lipinski definition) is 0. The second kappa shape index (κ2) is 6.67. The lowest BCUT2D eigenvalue weighted by atomic mass is 10.3. The van der Waals surface area contributed by atoms with Crippen LogP contribution in [0.4, 0.5) is 5.69 Å². The van der Waals surface area contributed by atoms with E-state index in [0.717, 1.165) is 0 Å². The van der Waals surface area contributed by atoms with Crippen LogP contribution in [0.15, 0.2) is 49.1 Å². The number of halogens is 1. The molecule has 0 saturated carbocycles. The predicted molar refractivity (Wildman–Crippen MR) is 89.5 cm³/mol. The number of hydrogen-bond acceptors (Lipinski definition) is 5. The van der Waals surface area contributed by atoms with Crippen LogP contribution in [0.3, 0.4) is 0 Å². The second-order valence-corrected chi connectivity index (χ2v) is 5.37. The van der Waals surface area contributed by atoms with Crippen molar-refractivity contribution >= 4 is 23.2 Å². The first-order chi connectivity index (χ1) is 11.6. The third-order valence-electron chi connectivity index (χ3n) is 3.41. The van der Waals surface area contributed by atoms with E-state index < -0.39 is 0 Å². The van der Waals surface area contributed by atoms with Crippen molar-refractivity contribution < 1.29 is 9.53 Å². The standard InChI is InChI=1S/C16H14ClN5O2/c1-21(11-4-3-7-18-8-11)15(23)13-10-20-16(22(13)2)24-12-5-6-14(17)19-9-12/h3-10H,1-2H3. The van der Waals surface area contributed by atoms with Crippen LogP contribution in [0.5, 0.6) is 11.8 Å². The van der Waals surface area contributed by atoms with E-state index in [4.69, 9.17) is 16.3 Å². The van der Waals surface area contributed by atoms with Gasteiger partial charge in [0.1, 0.15) is 16.6 Å². The van der Waals surface area contributed by atoms with Gasteiger partial charge in [0.05, 0.1) is 24.3 Å². The zero-order valence-corrected chi connectivity index (χ0v) is 13.8. The number of aromatic nitrogens is 4. The van der Waals surface area contributed by atoms with Crippen LogP contribution in [-0.2, 0) is 7.05 Å². The number of ether oxygens (including phenoxy) is 1. The Hall–Kier alpha value is -2.93. The molecule has 3 aromatic heterocycles. The molecule has 0 atom stereocenters. The van der Waals surface area contributed by atoms with Gasteiger partial charge >= 0.3 is 6.01 Å². The predicted octanol–water partition coefficient (Wildman–Crippen LogP) is 2.93. The summed E-state index contributed by atoms with van der Waals surface area (Å²) in [5, 5.41) is 0.371. The van der Waals surface area contributed by atoms with Crippen molar-refractivity contribution in [1.82, 2.24) is 19.5 Å². The maximum Gasteiger partial charge on any atom is 0.302 e. The Kier molecular flexibility index (Phi) is 4.43. The molecule has 0 unspecified atom stereocenters. The number of amides is 1. The van der Waals surface area contributed by atoms with Gasteiger partial charge in [0.2, 0.25) is 0 Å². The van der Waals surface area contributed by atoms with E-state index in [9.17, 15) is 4.79 Å². The largest absolute Gasteiger partial charge is 0.424 e. The molecule has 0 spiro atoms.